The Morgan fingerprint density at radius 1 is 1.29 bits per heavy atom. The topological polar surface area (TPSA) is 24.1 Å². The number of hydrogen-bond acceptors (Lipinski definition) is 2. The van der Waals surface area contributed by atoms with Crippen LogP contribution in [-0.2, 0) is 0 Å². The van der Waals surface area contributed by atoms with E-state index in [4.69, 9.17) is 0 Å². The molecule has 0 bridgehead atoms. The Kier molecular flexibility index (Phi) is 3.45. The lowest BCUT2D eigenvalue weighted by molar-refractivity contribution is 0.116. The van der Waals surface area contributed by atoms with Crippen LogP contribution in [0.2, 0.25) is 0 Å². The second kappa shape index (κ2) is 4.63. The maximum atomic E-state index is 3.78. The van der Waals surface area contributed by atoms with Crippen LogP contribution in [0.15, 0.2) is 0 Å². The summed E-state index contributed by atoms with van der Waals surface area (Å²) in [6, 6.07) is 0.792. The predicted molar refractivity (Wildman–Crippen MR) is 60.5 cm³/mol. The van der Waals surface area contributed by atoms with E-state index in [1.807, 2.05) is 0 Å². The Hall–Kier alpha value is -0.0800. The number of nitrogens with one attached hydrogen (secondary N) is 2. The Morgan fingerprint density at radius 2 is 2.00 bits per heavy atom. The molecule has 0 aromatic heterocycles. The van der Waals surface area contributed by atoms with Crippen molar-refractivity contribution >= 4 is 0 Å². The van der Waals surface area contributed by atoms with E-state index in [2.05, 4.69) is 17.6 Å². The van der Waals surface area contributed by atoms with Gasteiger partial charge in [-0.15, -0.1) is 0 Å². The predicted octanol–water partition coefficient (Wildman–Crippen LogP) is 1.91. The summed E-state index contributed by atoms with van der Waals surface area (Å²) in [4.78, 5) is 0. The molecule has 0 amide bonds. The highest BCUT2D eigenvalue weighted by atomic mass is 15.0. The standard InChI is InChI=1S/C12H24N2/c1-2-12(6-3-7-12)10-14-11-4-8-13-9-5-11/h11,13-14H,2-10H2,1H3. The molecule has 2 N–H and O–H groups in total. The quantitative estimate of drug-likeness (QED) is 0.717. The first-order chi connectivity index (χ1) is 6.85. The van der Waals surface area contributed by atoms with Gasteiger partial charge in [-0.3, -0.25) is 0 Å². The molecule has 1 saturated heterocycles. The van der Waals surface area contributed by atoms with Gasteiger partial charge in [-0.25, -0.2) is 0 Å². The van der Waals surface area contributed by atoms with Gasteiger partial charge in [0, 0.05) is 12.6 Å². The van der Waals surface area contributed by atoms with E-state index in [-0.39, 0.29) is 0 Å². The van der Waals surface area contributed by atoms with Crippen LogP contribution in [0.5, 0.6) is 0 Å². The average Bonchev–Trinajstić information content (AvgIpc) is 2.19. The summed E-state index contributed by atoms with van der Waals surface area (Å²) < 4.78 is 0. The van der Waals surface area contributed by atoms with Gasteiger partial charge < -0.3 is 10.6 Å². The molecule has 2 nitrogen and oxygen atoms in total. The smallest absolute Gasteiger partial charge is 0.00914 e. The van der Waals surface area contributed by atoms with Gasteiger partial charge in [0.25, 0.3) is 0 Å². The van der Waals surface area contributed by atoms with Crippen molar-refractivity contribution in [2.75, 3.05) is 19.6 Å². The molecule has 0 radical (unpaired) electrons. The van der Waals surface area contributed by atoms with Crippen LogP contribution in [0.25, 0.3) is 0 Å². The first-order valence-electron chi connectivity index (χ1n) is 6.29. The second-order valence-corrected chi connectivity index (χ2v) is 5.11. The molecule has 0 aromatic rings. The van der Waals surface area contributed by atoms with E-state index < -0.39 is 0 Å². The van der Waals surface area contributed by atoms with Crippen LogP contribution < -0.4 is 10.6 Å². The summed E-state index contributed by atoms with van der Waals surface area (Å²) in [5.74, 6) is 0. The van der Waals surface area contributed by atoms with Gasteiger partial charge in [-0.05, 0) is 50.6 Å². The minimum atomic E-state index is 0.685. The van der Waals surface area contributed by atoms with Crippen LogP contribution in [0.3, 0.4) is 0 Å². The van der Waals surface area contributed by atoms with E-state index in [0.717, 1.165) is 6.04 Å². The third-order valence-electron chi connectivity index (χ3n) is 4.27. The van der Waals surface area contributed by atoms with Gasteiger partial charge in [0.15, 0.2) is 0 Å². The van der Waals surface area contributed by atoms with Crippen molar-refractivity contribution in [1.82, 2.24) is 10.6 Å². The Bertz CT molecular complexity index is 164. The lowest BCUT2D eigenvalue weighted by Crippen LogP contribution is -2.46. The van der Waals surface area contributed by atoms with Gasteiger partial charge in [0.05, 0.1) is 0 Å². The van der Waals surface area contributed by atoms with Crippen molar-refractivity contribution in [3.8, 4) is 0 Å². The lowest BCUT2D eigenvalue weighted by Gasteiger charge is -2.43. The van der Waals surface area contributed by atoms with E-state index in [0.29, 0.717) is 5.41 Å². The summed E-state index contributed by atoms with van der Waals surface area (Å²) in [6.45, 7) is 6.03. The van der Waals surface area contributed by atoms with Crippen molar-refractivity contribution in [2.45, 2.75) is 51.5 Å². The monoisotopic (exact) mass is 196 g/mol. The maximum absolute atomic E-state index is 3.78. The molecule has 14 heavy (non-hydrogen) atoms. The van der Waals surface area contributed by atoms with Gasteiger partial charge in [-0.2, -0.15) is 0 Å². The summed E-state index contributed by atoms with van der Waals surface area (Å²) in [5.41, 5.74) is 0.685. The highest BCUT2D eigenvalue weighted by Crippen LogP contribution is 2.43. The molecule has 2 heteroatoms. The molecule has 1 heterocycles. The van der Waals surface area contributed by atoms with Crippen LogP contribution in [0.4, 0.5) is 0 Å². The second-order valence-electron chi connectivity index (χ2n) is 5.11. The molecular formula is C12H24N2. The van der Waals surface area contributed by atoms with E-state index in [9.17, 15) is 0 Å². The zero-order valence-electron chi connectivity index (χ0n) is 9.44. The van der Waals surface area contributed by atoms with E-state index in [1.54, 1.807) is 0 Å². The first-order valence-corrected chi connectivity index (χ1v) is 6.29. The van der Waals surface area contributed by atoms with Crippen molar-refractivity contribution in [1.29, 1.82) is 0 Å². The number of rotatable bonds is 4. The summed E-state index contributed by atoms with van der Waals surface area (Å²) in [6.07, 6.45) is 8.38. The van der Waals surface area contributed by atoms with Crippen LogP contribution in [0, 0.1) is 5.41 Å². The van der Waals surface area contributed by atoms with Gasteiger partial charge in [0.1, 0.15) is 0 Å². The van der Waals surface area contributed by atoms with Crippen LogP contribution in [0.1, 0.15) is 45.4 Å². The minimum Gasteiger partial charge on any atom is -0.317 e. The van der Waals surface area contributed by atoms with Gasteiger partial charge in [-0.1, -0.05) is 13.3 Å². The zero-order chi connectivity index (χ0) is 9.86. The Morgan fingerprint density at radius 3 is 2.50 bits per heavy atom. The van der Waals surface area contributed by atoms with Gasteiger partial charge in [0.2, 0.25) is 0 Å². The summed E-state index contributed by atoms with van der Waals surface area (Å²) in [7, 11) is 0. The summed E-state index contributed by atoms with van der Waals surface area (Å²) in [5, 5.41) is 7.19. The van der Waals surface area contributed by atoms with Crippen molar-refractivity contribution in [3.05, 3.63) is 0 Å². The molecule has 2 fully saturated rings. The third kappa shape index (κ3) is 2.29. The zero-order valence-corrected chi connectivity index (χ0v) is 9.44. The first kappa shape index (κ1) is 10.4. The molecule has 82 valence electrons. The van der Waals surface area contributed by atoms with Crippen LogP contribution >= 0.6 is 0 Å². The maximum Gasteiger partial charge on any atom is 0.00914 e. The fourth-order valence-electron chi connectivity index (χ4n) is 2.72. The molecule has 0 spiro atoms. The van der Waals surface area contributed by atoms with Crippen molar-refractivity contribution in [3.63, 3.8) is 0 Å². The van der Waals surface area contributed by atoms with Crippen LogP contribution in [-0.4, -0.2) is 25.7 Å². The molecule has 0 unspecified atom stereocenters. The third-order valence-corrected chi connectivity index (χ3v) is 4.27. The molecule has 1 aliphatic heterocycles. The fourth-order valence-corrected chi connectivity index (χ4v) is 2.72. The largest absolute Gasteiger partial charge is 0.317 e. The molecule has 0 atom stereocenters. The highest BCUT2D eigenvalue weighted by Gasteiger charge is 2.35. The number of hydrogen-bond donors (Lipinski definition) is 2. The molecule has 1 saturated carbocycles. The van der Waals surface area contributed by atoms with E-state index in [1.165, 1.54) is 58.2 Å². The lowest BCUT2D eigenvalue weighted by atomic mass is 9.67. The number of piperidine rings is 1. The SMILES string of the molecule is CCC1(CNC2CCNCC2)CCC1. The molecule has 2 aliphatic rings. The van der Waals surface area contributed by atoms with Crippen molar-refractivity contribution in [2.24, 2.45) is 5.41 Å². The molecular weight excluding hydrogens is 172 g/mol. The summed E-state index contributed by atoms with van der Waals surface area (Å²) >= 11 is 0. The highest BCUT2D eigenvalue weighted by molar-refractivity contribution is 4.89. The molecule has 2 rings (SSSR count). The average molecular weight is 196 g/mol. The normalized spacial score (nSPS) is 27.2. The molecule has 1 aliphatic carbocycles. The van der Waals surface area contributed by atoms with Crippen molar-refractivity contribution < 1.29 is 0 Å². The fraction of sp³-hybridized carbons (Fsp3) is 1.00. The van der Waals surface area contributed by atoms with E-state index >= 15 is 0 Å². The Labute approximate surface area is 87.8 Å². The van der Waals surface area contributed by atoms with Gasteiger partial charge >= 0.3 is 0 Å². The minimum absolute atomic E-state index is 0.685. The Balaban J connectivity index is 1.69. The molecule has 0 aromatic carbocycles.